The van der Waals surface area contributed by atoms with Crippen LogP contribution in [-0.2, 0) is 24.2 Å². The number of nitrogens with zero attached hydrogens (tertiary/aromatic N) is 1. The molecular formula is C16H17NO4. The van der Waals surface area contributed by atoms with Gasteiger partial charge in [-0.1, -0.05) is 6.92 Å². The van der Waals surface area contributed by atoms with Gasteiger partial charge in [0.05, 0.1) is 5.56 Å². The van der Waals surface area contributed by atoms with Crippen LogP contribution in [0.4, 0.5) is 0 Å². The second-order valence-corrected chi connectivity index (χ2v) is 5.79. The summed E-state index contributed by atoms with van der Waals surface area (Å²) >= 11 is 0. The number of fused-ring (bicyclic) bond motifs is 3. The summed E-state index contributed by atoms with van der Waals surface area (Å²) in [5, 5.41) is 19.2. The summed E-state index contributed by atoms with van der Waals surface area (Å²) in [6.45, 7) is 2.09. The number of aromatic carboxylic acids is 1. The molecule has 1 aliphatic carbocycles. The average Bonchev–Trinajstić information content (AvgIpc) is 2.71. The molecule has 0 fully saturated rings. The van der Waals surface area contributed by atoms with Crippen molar-refractivity contribution in [2.45, 2.75) is 32.7 Å². The van der Waals surface area contributed by atoms with Crippen LogP contribution in [-0.4, -0.2) is 26.7 Å². The van der Waals surface area contributed by atoms with E-state index in [4.69, 9.17) is 10.2 Å². The van der Waals surface area contributed by atoms with Crippen molar-refractivity contribution in [3.63, 3.8) is 0 Å². The number of carboxylic acids is 2. The number of aromatic nitrogens is 1. The molecule has 2 aromatic rings. The molecule has 1 aliphatic rings. The number of carboxylic acid groups (broad SMARTS) is 2. The van der Waals surface area contributed by atoms with Crippen LogP contribution >= 0.6 is 0 Å². The predicted molar refractivity (Wildman–Crippen MR) is 77.7 cm³/mol. The largest absolute Gasteiger partial charge is 0.480 e. The normalized spacial score (nSPS) is 17.7. The van der Waals surface area contributed by atoms with E-state index in [-0.39, 0.29) is 12.1 Å². The average molecular weight is 287 g/mol. The Hall–Kier alpha value is -2.30. The maximum absolute atomic E-state index is 11.2. The van der Waals surface area contributed by atoms with E-state index >= 15 is 0 Å². The summed E-state index contributed by atoms with van der Waals surface area (Å²) in [5.41, 5.74) is 3.23. The van der Waals surface area contributed by atoms with Gasteiger partial charge in [-0.05, 0) is 48.9 Å². The number of aliphatic carboxylic acids is 1. The van der Waals surface area contributed by atoms with Crippen molar-refractivity contribution in [1.29, 1.82) is 0 Å². The fourth-order valence-corrected chi connectivity index (χ4v) is 3.27. The Bertz CT molecular complexity index is 744. The van der Waals surface area contributed by atoms with Crippen LogP contribution in [0.1, 0.15) is 35.0 Å². The van der Waals surface area contributed by atoms with Gasteiger partial charge in [0.25, 0.3) is 0 Å². The van der Waals surface area contributed by atoms with Gasteiger partial charge in [0.2, 0.25) is 0 Å². The van der Waals surface area contributed by atoms with E-state index in [0.29, 0.717) is 5.92 Å². The lowest BCUT2D eigenvalue weighted by molar-refractivity contribution is -0.137. The molecule has 5 heteroatoms. The number of benzene rings is 1. The molecule has 0 radical (unpaired) electrons. The second kappa shape index (κ2) is 4.91. The fraction of sp³-hybridized carbons (Fsp3) is 0.375. The Balaban J connectivity index is 2.26. The molecule has 2 N–H and O–H groups in total. The first-order valence-corrected chi connectivity index (χ1v) is 7.06. The zero-order valence-electron chi connectivity index (χ0n) is 11.8. The smallest absolute Gasteiger partial charge is 0.335 e. The molecule has 0 saturated heterocycles. The highest BCUT2D eigenvalue weighted by Gasteiger charge is 2.24. The summed E-state index contributed by atoms with van der Waals surface area (Å²) in [6, 6.07) is 4.94. The summed E-state index contributed by atoms with van der Waals surface area (Å²) in [6.07, 6.45) is 2.76. The van der Waals surface area contributed by atoms with Crippen molar-refractivity contribution in [3.8, 4) is 0 Å². The molecule has 1 unspecified atom stereocenters. The van der Waals surface area contributed by atoms with Crippen molar-refractivity contribution in [2.75, 3.05) is 0 Å². The van der Waals surface area contributed by atoms with Crippen LogP contribution in [0, 0.1) is 5.92 Å². The standard InChI is InChI=1S/C16H17NO4/c1-9-2-4-13-11(6-9)12-7-10(16(20)21)3-5-14(12)17(13)8-15(18)19/h3,5,7,9H,2,4,6,8H2,1H3,(H,18,19)(H,20,21). The molecule has 1 atom stereocenters. The molecular weight excluding hydrogens is 270 g/mol. The predicted octanol–water partition coefficient (Wildman–Crippen LogP) is 2.55. The van der Waals surface area contributed by atoms with Crippen molar-refractivity contribution in [1.82, 2.24) is 4.57 Å². The highest BCUT2D eigenvalue weighted by atomic mass is 16.4. The van der Waals surface area contributed by atoms with Crippen LogP contribution in [0.25, 0.3) is 10.9 Å². The first kappa shape index (κ1) is 13.7. The zero-order valence-corrected chi connectivity index (χ0v) is 11.8. The summed E-state index contributed by atoms with van der Waals surface area (Å²) in [5.74, 6) is -1.30. The molecule has 110 valence electrons. The maximum atomic E-state index is 11.2. The minimum absolute atomic E-state index is 0.0768. The van der Waals surface area contributed by atoms with Crippen molar-refractivity contribution in [2.24, 2.45) is 5.92 Å². The Morgan fingerprint density at radius 3 is 2.76 bits per heavy atom. The summed E-state index contributed by atoms with van der Waals surface area (Å²) in [7, 11) is 0. The van der Waals surface area contributed by atoms with E-state index in [9.17, 15) is 9.59 Å². The van der Waals surface area contributed by atoms with E-state index < -0.39 is 11.9 Å². The molecule has 0 saturated carbocycles. The van der Waals surface area contributed by atoms with Gasteiger partial charge in [-0.2, -0.15) is 0 Å². The number of hydrogen-bond acceptors (Lipinski definition) is 2. The van der Waals surface area contributed by atoms with Crippen LogP contribution in [0.2, 0.25) is 0 Å². The first-order chi connectivity index (χ1) is 9.97. The lowest BCUT2D eigenvalue weighted by Gasteiger charge is -2.20. The van der Waals surface area contributed by atoms with Crippen LogP contribution < -0.4 is 0 Å². The van der Waals surface area contributed by atoms with Gasteiger partial charge in [-0.3, -0.25) is 4.79 Å². The third-order valence-electron chi connectivity index (χ3n) is 4.25. The van der Waals surface area contributed by atoms with Crippen LogP contribution in [0.5, 0.6) is 0 Å². The summed E-state index contributed by atoms with van der Waals surface area (Å²) < 4.78 is 1.82. The molecule has 1 aromatic heterocycles. The zero-order chi connectivity index (χ0) is 15.1. The Kier molecular flexibility index (Phi) is 3.20. The minimum Gasteiger partial charge on any atom is -0.480 e. The molecule has 1 heterocycles. The van der Waals surface area contributed by atoms with Gasteiger partial charge in [-0.15, -0.1) is 0 Å². The Labute approximate surface area is 121 Å². The van der Waals surface area contributed by atoms with Gasteiger partial charge in [0.15, 0.2) is 0 Å². The van der Waals surface area contributed by atoms with E-state index in [1.165, 1.54) is 6.07 Å². The highest BCUT2D eigenvalue weighted by Crippen LogP contribution is 2.34. The van der Waals surface area contributed by atoms with Gasteiger partial charge in [-0.25, -0.2) is 4.79 Å². The van der Waals surface area contributed by atoms with Crippen molar-refractivity contribution < 1.29 is 19.8 Å². The minimum atomic E-state index is -0.958. The third-order valence-corrected chi connectivity index (χ3v) is 4.25. The molecule has 0 spiro atoms. The number of hydrogen-bond donors (Lipinski definition) is 2. The van der Waals surface area contributed by atoms with Gasteiger partial charge in [0.1, 0.15) is 6.54 Å². The van der Waals surface area contributed by atoms with E-state index in [2.05, 4.69) is 6.92 Å². The first-order valence-electron chi connectivity index (χ1n) is 7.06. The molecule has 3 rings (SSSR count). The van der Waals surface area contributed by atoms with Crippen molar-refractivity contribution in [3.05, 3.63) is 35.0 Å². The molecule has 0 bridgehead atoms. The second-order valence-electron chi connectivity index (χ2n) is 5.79. The maximum Gasteiger partial charge on any atom is 0.335 e. The monoisotopic (exact) mass is 287 g/mol. The van der Waals surface area contributed by atoms with E-state index in [1.54, 1.807) is 12.1 Å². The third kappa shape index (κ3) is 2.28. The highest BCUT2D eigenvalue weighted by molar-refractivity contribution is 5.96. The molecule has 5 nitrogen and oxygen atoms in total. The van der Waals surface area contributed by atoms with Gasteiger partial charge in [0, 0.05) is 16.6 Å². The summed E-state index contributed by atoms with van der Waals surface area (Å²) in [4.78, 5) is 22.3. The Morgan fingerprint density at radius 2 is 2.10 bits per heavy atom. The van der Waals surface area contributed by atoms with Crippen LogP contribution in [0.3, 0.4) is 0 Å². The fourth-order valence-electron chi connectivity index (χ4n) is 3.27. The number of carbonyl (C=O) groups is 2. The van der Waals surface area contributed by atoms with Gasteiger partial charge < -0.3 is 14.8 Å². The molecule has 21 heavy (non-hydrogen) atoms. The van der Waals surface area contributed by atoms with E-state index in [1.807, 2.05) is 4.57 Å². The van der Waals surface area contributed by atoms with E-state index in [0.717, 1.165) is 41.4 Å². The molecule has 0 aliphatic heterocycles. The number of rotatable bonds is 3. The SMILES string of the molecule is CC1CCc2c(c3cc(C(=O)O)ccc3n2CC(=O)O)C1. The lowest BCUT2D eigenvalue weighted by Crippen LogP contribution is -2.16. The Morgan fingerprint density at radius 1 is 1.33 bits per heavy atom. The quantitative estimate of drug-likeness (QED) is 0.909. The molecule has 0 amide bonds. The van der Waals surface area contributed by atoms with Gasteiger partial charge >= 0.3 is 11.9 Å². The topological polar surface area (TPSA) is 79.5 Å². The molecule has 1 aromatic carbocycles. The van der Waals surface area contributed by atoms with Crippen LogP contribution in [0.15, 0.2) is 18.2 Å². The van der Waals surface area contributed by atoms with Crippen molar-refractivity contribution >= 4 is 22.8 Å². The lowest BCUT2D eigenvalue weighted by atomic mass is 9.87.